The van der Waals surface area contributed by atoms with E-state index in [0.29, 0.717) is 28.7 Å². The topological polar surface area (TPSA) is 75.7 Å². The van der Waals surface area contributed by atoms with Crippen LogP contribution in [0.5, 0.6) is 5.75 Å². The van der Waals surface area contributed by atoms with Crippen molar-refractivity contribution in [3.05, 3.63) is 41.4 Å². The highest BCUT2D eigenvalue weighted by atomic mass is 35.5. The third-order valence-corrected chi connectivity index (χ3v) is 6.91. The van der Waals surface area contributed by atoms with Gasteiger partial charge in [0.2, 0.25) is 5.91 Å². The smallest absolute Gasteiger partial charge is 0.261 e. The van der Waals surface area contributed by atoms with Crippen molar-refractivity contribution < 1.29 is 17.9 Å². The zero-order valence-electron chi connectivity index (χ0n) is 15.0. The van der Waals surface area contributed by atoms with Gasteiger partial charge in [-0.15, -0.1) is 11.8 Å². The van der Waals surface area contributed by atoms with E-state index in [9.17, 15) is 13.2 Å². The maximum Gasteiger partial charge on any atom is 0.261 e. The van der Waals surface area contributed by atoms with Crippen molar-refractivity contribution in [3.63, 3.8) is 0 Å². The summed E-state index contributed by atoms with van der Waals surface area (Å²) in [5.41, 5.74) is 0.936. The molecule has 2 aromatic carbocycles. The summed E-state index contributed by atoms with van der Waals surface area (Å²) >= 11 is 7.68. The Morgan fingerprint density at radius 2 is 2.04 bits per heavy atom. The van der Waals surface area contributed by atoms with Gasteiger partial charge in [-0.2, -0.15) is 0 Å². The van der Waals surface area contributed by atoms with Crippen LogP contribution in [0.1, 0.15) is 13.8 Å². The predicted molar refractivity (Wildman–Crippen MR) is 109 cm³/mol. The molecule has 2 aromatic rings. The van der Waals surface area contributed by atoms with Crippen LogP contribution in [0.15, 0.2) is 46.2 Å². The Morgan fingerprint density at radius 1 is 1.30 bits per heavy atom. The molecule has 0 aromatic heterocycles. The van der Waals surface area contributed by atoms with E-state index in [1.807, 2.05) is 6.92 Å². The van der Waals surface area contributed by atoms with Gasteiger partial charge in [0.1, 0.15) is 5.75 Å². The van der Waals surface area contributed by atoms with Crippen molar-refractivity contribution >= 4 is 50.7 Å². The van der Waals surface area contributed by atoms with E-state index in [2.05, 4.69) is 4.72 Å². The monoisotopic (exact) mass is 426 g/mol. The molecule has 0 aliphatic carbocycles. The predicted octanol–water partition coefficient (Wildman–Crippen LogP) is 4.00. The number of hydrogen-bond acceptors (Lipinski definition) is 5. The van der Waals surface area contributed by atoms with Gasteiger partial charge in [-0.25, -0.2) is 8.42 Å². The Balaban J connectivity index is 1.95. The average Bonchev–Trinajstić information content (AvgIpc) is 2.60. The average molecular weight is 427 g/mol. The van der Waals surface area contributed by atoms with Gasteiger partial charge in [0.25, 0.3) is 10.0 Å². The van der Waals surface area contributed by atoms with Crippen molar-refractivity contribution in [1.29, 1.82) is 0 Å². The van der Waals surface area contributed by atoms with E-state index < -0.39 is 10.0 Å². The Kier molecular flexibility index (Phi) is 5.60. The fourth-order valence-electron chi connectivity index (χ4n) is 2.83. The van der Waals surface area contributed by atoms with Gasteiger partial charge in [-0.05, 0) is 36.4 Å². The number of ether oxygens (including phenoxy) is 1. The van der Waals surface area contributed by atoms with Gasteiger partial charge in [0.05, 0.1) is 28.4 Å². The molecule has 1 N–H and O–H groups in total. The molecule has 0 unspecified atom stereocenters. The first-order valence-corrected chi connectivity index (χ1v) is 10.9. The Labute approximate surface area is 167 Å². The van der Waals surface area contributed by atoms with Crippen LogP contribution in [0.3, 0.4) is 0 Å². The Hall–Kier alpha value is -1.90. The van der Waals surface area contributed by atoms with E-state index in [0.717, 1.165) is 4.90 Å². The lowest BCUT2D eigenvalue weighted by Gasteiger charge is -2.32. The van der Waals surface area contributed by atoms with Crippen molar-refractivity contribution in [2.45, 2.75) is 28.9 Å². The zero-order chi connectivity index (χ0) is 19.8. The number of methoxy groups -OCH3 is 1. The van der Waals surface area contributed by atoms with Crippen molar-refractivity contribution in [1.82, 2.24) is 0 Å². The molecule has 1 heterocycles. The largest absolute Gasteiger partial charge is 0.495 e. The van der Waals surface area contributed by atoms with Gasteiger partial charge in [0.15, 0.2) is 0 Å². The summed E-state index contributed by atoms with van der Waals surface area (Å²) < 4.78 is 33.2. The van der Waals surface area contributed by atoms with Crippen LogP contribution in [0.4, 0.5) is 11.4 Å². The van der Waals surface area contributed by atoms with Crippen molar-refractivity contribution in [3.8, 4) is 5.75 Å². The highest BCUT2D eigenvalue weighted by Gasteiger charge is 2.27. The third-order valence-electron chi connectivity index (χ3n) is 4.08. The molecule has 0 fully saturated rings. The first-order valence-electron chi connectivity index (χ1n) is 8.16. The zero-order valence-corrected chi connectivity index (χ0v) is 17.4. The van der Waals surface area contributed by atoms with Gasteiger partial charge < -0.3 is 9.64 Å². The van der Waals surface area contributed by atoms with Gasteiger partial charge in [0, 0.05) is 23.6 Å². The number of thioether (sulfide) groups is 1. The second-order valence-corrected chi connectivity index (χ2v) is 9.71. The summed E-state index contributed by atoms with van der Waals surface area (Å²) in [7, 11) is -2.36. The maximum absolute atomic E-state index is 12.8. The first kappa shape index (κ1) is 19.9. The molecule has 0 spiro atoms. The number of carbonyl (C=O) groups excluding carboxylic acids is 1. The fraction of sp³-hybridized carbons (Fsp3) is 0.278. The molecule has 9 heteroatoms. The number of amides is 1. The van der Waals surface area contributed by atoms with E-state index in [1.54, 1.807) is 34.9 Å². The summed E-state index contributed by atoms with van der Waals surface area (Å²) in [6, 6.07) is 9.44. The molecule has 0 saturated carbocycles. The molecule has 1 atom stereocenters. The van der Waals surface area contributed by atoms with Crippen molar-refractivity contribution in [2.75, 3.05) is 23.3 Å². The standard InChI is InChI=1S/C18H19ClN2O4S2/c1-11-10-21(12(2)22)16-9-14(5-7-18(16)26-11)27(23,24)20-13-4-6-17(25-3)15(19)8-13/h4-9,11,20H,10H2,1-3H3/t11-/m1/s1. The lowest BCUT2D eigenvalue weighted by molar-refractivity contribution is -0.116. The second kappa shape index (κ2) is 7.61. The molecule has 27 heavy (non-hydrogen) atoms. The van der Waals surface area contributed by atoms with Crippen LogP contribution in [0.25, 0.3) is 0 Å². The summed E-state index contributed by atoms with van der Waals surface area (Å²) in [6.07, 6.45) is 0. The number of benzene rings is 2. The van der Waals surface area contributed by atoms with Gasteiger partial charge >= 0.3 is 0 Å². The molecule has 1 aliphatic rings. The fourth-order valence-corrected chi connectivity index (χ4v) is 5.25. The van der Waals surface area contributed by atoms with Crippen LogP contribution in [-0.4, -0.2) is 33.2 Å². The van der Waals surface area contributed by atoms with Gasteiger partial charge in [-0.1, -0.05) is 18.5 Å². The number of hydrogen-bond donors (Lipinski definition) is 1. The number of carbonyl (C=O) groups is 1. The Bertz CT molecular complexity index is 995. The van der Waals surface area contributed by atoms with Crippen LogP contribution in [0, 0.1) is 0 Å². The summed E-state index contributed by atoms with van der Waals surface area (Å²) in [5.74, 6) is 0.337. The number of fused-ring (bicyclic) bond motifs is 1. The quantitative estimate of drug-likeness (QED) is 0.799. The molecular weight excluding hydrogens is 408 g/mol. The lowest BCUT2D eigenvalue weighted by Crippen LogP contribution is -2.37. The SMILES string of the molecule is COc1ccc(NS(=O)(=O)c2ccc3c(c2)N(C(C)=O)C[C@@H](C)S3)cc1Cl. The van der Waals surface area contributed by atoms with E-state index in [1.165, 1.54) is 32.2 Å². The minimum Gasteiger partial charge on any atom is -0.495 e. The molecule has 1 amide bonds. The molecule has 6 nitrogen and oxygen atoms in total. The number of rotatable bonds is 4. The summed E-state index contributed by atoms with van der Waals surface area (Å²) in [4.78, 5) is 14.6. The first-order chi connectivity index (χ1) is 12.7. The normalized spacial score (nSPS) is 16.6. The number of anilines is 2. The number of nitrogens with one attached hydrogen (secondary N) is 1. The maximum atomic E-state index is 12.8. The lowest BCUT2D eigenvalue weighted by atomic mass is 10.2. The van der Waals surface area contributed by atoms with Crippen molar-refractivity contribution in [2.24, 2.45) is 0 Å². The Morgan fingerprint density at radius 3 is 2.67 bits per heavy atom. The number of halogens is 1. The van der Waals surface area contributed by atoms with Gasteiger partial charge in [-0.3, -0.25) is 9.52 Å². The van der Waals surface area contributed by atoms with E-state index in [4.69, 9.17) is 16.3 Å². The third kappa shape index (κ3) is 4.17. The molecule has 0 saturated heterocycles. The minimum atomic E-state index is -3.84. The molecule has 0 radical (unpaired) electrons. The van der Waals surface area contributed by atoms with E-state index in [-0.39, 0.29) is 16.1 Å². The summed E-state index contributed by atoms with van der Waals surface area (Å²) in [6.45, 7) is 4.05. The highest BCUT2D eigenvalue weighted by molar-refractivity contribution is 8.00. The van der Waals surface area contributed by atoms with Crippen LogP contribution < -0.4 is 14.4 Å². The number of nitrogens with zero attached hydrogens (tertiary/aromatic N) is 1. The minimum absolute atomic E-state index is 0.0783. The van der Waals surface area contributed by atoms with E-state index >= 15 is 0 Å². The highest BCUT2D eigenvalue weighted by Crippen LogP contribution is 2.40. The van der Waals surface area contributed by atoms with Crippen LogP contribution in [-0.2, 0) is 14.8 Å². The summed E-state index contributed by atoms with van der Waals surface area (Å²) in [5, 5.41) is 0.541. The second-order valence-electron chi connectivity index (χ2n) is 6.14. The number of sulfonamides is 1. The molecule has 0 bridgehead atoms. The molecule has 1 aliphatic heterocycles. The molecule has 3 rings (SSSR count). The van der Waals surface area contributed by atoms with Crippen LogP contribution in [0.2, 0.25) is 5.02 Å². The van der Waals surface area contributed by atoms with Crippen LogP contribution >= 0.6 is 23.4 Å². The molecular formula is C18H19ClN2O4S2. The molecule has 144 valence electrons.